The van der Waals surface area contributed by atoms with Crippen LogP contribution in [-0.2, 0) is 10.0 Å². The highest BCUT2D eigenvalue weighted by molar-refractivity contribution is 7.92. The summed E-state index contributed by atoms with van der Waals surface area (Å²) in [5.74, 6) is -0.0701. The highest BCUT2D eigenvalue weighted by Crippen LogP contribution is 2.20. The number of para-hydroxylation sites is 1. The quantitative estimate of drug-likeness (QED) is 0.830. The Balaban J connectivity index is 2.30. The summed E-state index contributed by atoms with van der Waals surface area (Å²) in [6, 6.07) is 14.0. The maximum atomic E-state index is 12.6. The van der Waals surface area contributed by atoms with E-state index in [1.165, 1.54) is 30.3 Å². The van der Waals surface area contributed by atoms with Crippen molar-refractivity contribution in [2.24, 2.45) is 5.92 Å². The van der Waals surface area contributed by atoms with E-state index in [0.29, 0.717) is 6.54 Å². The van der Waals surface area contributed by atoms with E-state index in [-0.39, 0.29) is 33.5 Å². The second kappa shape index (κ2) is 7.81. The fraction of sp³-hybridized carbons (Fsp3) is 0.222. The third-order valence-corrected chi connectivity index (χ3v) is 4.72. The largest absolute Gasteiger partial charge is 0.352 e. The van der Waals surface area contributed by atoms with Crippen molar-refractivity contribution >= 4 is 21.6 Å². The van der Waals surface area contributed by atoms with Crippen molar-refractivity contribution in [2.45, 2.75) is 18.7 Å². The number of nitrogens with zero attached hydrogens (tertiary/aromatic N) is 1. The molecule has 0 bridgehead atoms. The monoisotopic (exact) mass is 357 g/mol. The van der Waals surface area contributed by atoms with Gasteiger partial charge in [0, 0.05) is 6.54 Å². The smallest absolute Gasteiger partial charge is 0.261 e. The molecule has 0 saturated heterocycles. The van der Waals surface area contributed by atoms with Crippen LogP contribution in [0, 0.1) is 17.2 Å². The first kappa shape index (κ1) is 18.5. The minimum absolute atomic E-state index is 0.0380. The molecule has 25 heavy (non-hydrogen) atoms. The maximum Gasteiger partial charge on any atom is 0.261 e. The molecule has 130 valence electrons. The molecule has 0 fully saturated rings. The SMILES string of the molecule is CC(C)CNC(=O)c1ccccc1NS(=O)(=O)c1cccc(C#N)c1. The number of benzene rings is 2. The molecule has 2 aromatic rings. The molecule has 0 aromatic heterocycles. The van der Waals surface area contributed by atoms with E-state index in [4.69, 9.17) is 5.26 Å². The van der Waals surface area contributed by atoms with Crippen molar-refractivity contribution in [2.75, 3.05) is 11.3 Å². The number of nitrogens with one attached hydrogen (secondary N) is 2. The van der Waals surface area contributed by atoms with Crippen LogP contribution in [0.1, 0.15) is 29.8 Å². The first-order valence-electron chi connectivity index (χ1n) is 7.73. The molecule has 7 heteroatoms. The molecule has 6 nitrogen and oxygen atoms in total. The number of hydrogen-bond acceptors (Lipinski definition) is 4. The van der Waals surface area contributed by atoms with Crippen molar-refractivity contribution in [1.29, 1.82) is 5.26 Å². The molecule has 0 aliphatic rings. The number of rotatable bonds is 6. The Bertz CT molecular complexity index is 915. The summed E-state index contributed by atoms with van der Waals surface area (Å²) >= 11 is 0. The first-order valence-corrected chi connectivity index (χ1v) is 9.22. The van der Waals surface area contributed by atoms with Gasteiger partial charge >= 0.3 is 0 Å². The zero-order valence-electron chi connectivity index (χ0n) is 14.0. The summed E-state index contributed by atoms with van der Waals surface area (Å²) < 4.78 is 27.5. The molecular weight excluding hydrogens is 338 g/mol. The predicted octanol–water partition coefficient (Wildman–Crippen LogP) is 2.74. The summed E-state index contributed by atoms with van der Waals surface area (Å²) in [6.07, 6.45) is 0. The van der Waals surface area contributed by atoms with Crippen LogP contribution >= 0.6 is 0 Å². The van der Waals surface area contributed by atoms with Crippen molar-refractivity contribution < 1.29 is 13.2 Å². The average molecular weight is 357 g/mol. The Morgan fingerprint density at radius 1 is 1.16 bits per heavy atom. The molecule has 2 rings (SSSR count). The van der Waals surface area contributed by atoms with Gasteiger partial charge < -0.3 is 5.32 Å². The molecule has 2 aromatic carbocycles. The van der Waals surface area contributed by atoms with E-state index in [1.54, 1.807) is 18.2 Å². The highest BCUT2D eigenvalue weighted by atomic mass is 32.2. The number of hydrogen-bond donors (Lipinski definition) is 2. The van der Waals surface area contributed by atoms with Crippen LogP contribution in [0.25, 0.3) is 0 Å². The topological polar surface area (TPSA) is 99.1 Å². The fourth-order valence-corrected chi connectivity index (χ4v) is 3.22. The second-order valence-electron chi connectivity index (χ2n) is 5.89. The number of nitriles is 1. The Morgan fingerprint density at radius 3 is 2.56 bits per heavy atom. The molecule has 2 N–H and O–H groups in total. The zero-order chi connectivity index (χ0) is 18.4. The first-order chi connectivity index (χ1) is 11.8. The molecule has 0 atom stereocenters. The third kappa shape index (κ3) is 4.81. The Hall–Kier alpha value is -2.85. The van der Waals surface area contributed by atoms with E-state index in [9.17, 15) is 13.2 Å². The molecule has 0 aliphatic heterocycles. The van der Waals surface area contributed by atoms with Crippen molar-refractivity contribution in [3.63, 3.8) is 0 Å². The average Bonchev–Trinajstić information content (AvgIpc) is 2.60. The van der Waals surface area contributed by atoms with Crippen molar-refractivity contribution in [1.82, 2.24) is 5.32 Å². The summed E-state index contributed by atoms with van der Waals surface area (Å²) in [4.78, 5) is 12.3. The van der Waals surface area contributed by atoms with Crippen molar-refractivity contribution in [3.05, 3.63) is 59.7 Å². The zero-order valence-corrected chi connectivity index (χ0v) is 14.8. The Labute approximate surface area is 147 Å². The summed E-state index contributed by atoms with van der Waals surface area (Å²) in [6.45, 7) is 4.43. The molecule has 0 heterocycles. The minimum Gasteiger partial charge on any atom is -0.352 e. The van der Waals surface area contributed by atoms with Gasteiger partial charge in [0.05, 0.1) is 27.8 Å². The molecule has 0 saturated carbocycles. The van der Waals surface area contributed by atoms with E-state index in [2.05, 4.69) is 10.0 Å². The lowest BCUT2D eigenvalue weighted by Crippen LogP contribution is -2.28. The molecule has 0 radical (unpaired) electrons. The van der Waals surface area contributed by atoms with Gasteiger partial charge in [0.1, 0.15) is 0 Å². The van der Waals surface area contributed by atoms with Crippen LogP contribution in [0.2, 0.25) is 0 Å². The van der Waals surface area contributed by atoms with Crippen LogP contribution in [0.3, 0.4) is 0 Å². The normalized spacial score (nSPS) is 11.0. The van der Waals surface area contributed by atoms with E-state index in [1.807, 2.05) is 19.9 Å². The molecule has 1 amide bonds. The summed E-state index contributed by atoms with van der Waals surface area (Å²) in [5.41, 5.74) is 0.667. The maximum absolute atomic E-state index is 12.6. The number of carbonyl (C=O) groups is 1. The van der Waals surface area contributed by atoms with Crippen LogP contribution in [0.15, 0.2) is 53.4 Å². The molecular formula is C18H19N3O3S. The van der Waals surface area contributed by atoms with Crippen LogP contribution in [-0.4, -0.2) is 20.9 Å². The van der Waals surface area contributed by atoms with Gasteiger partial charge in [0.2, 0.25) is 0 Å². The number of sulfonamides is 1. The van der Waals surface area contributed by atoms with Gasteiger partial charge in [-0.3, -0.25) is 9.52 Å². The number of carbonyl (C=O) groups excluding carboxylic acids is 1. The van der Waals surface area contributed by atoms with Gasteiger partial charge in [-0.05, 0) is 36.2 Å². The summed E-state index contributed by atoms with van der Waals surface area (Å²) in [7, 11) is -3.91. The van der Waals surface area contributed by atoms with E-state index >= 15 is 0 Å². The Morgan fingerprint density at radius 2 is 1.88 bits per heavy atom. The lowest BCUT2D eigenvalue weighted by Gasteiger charge is -2.13. The number of anilines is 1. The van der Waals surface area contributed by atoms with Gasteiger partial charge in [-0.25, -0.2) is 8.42 Å². The highest BCUT2D eigenvalue weighted by Gasteiger charge is 2.19. The van der Waals surface area contributed by atoms with Gasteiger partial charge in [-0.1, -0.05) is 32.0 Å². The van der Waals surface area contributed by atoms with Crippen LogP contribution in [0.4, 0.5) is 5.69 Å². The standard InChI is InChI=1S/C18H19N3O3S/c1-13(2)12-20-18(22)16-8-3-4-9-17(16)21-25(23,24)15-7-5-6-14(10-15)11-19/h3-10,13,21H,12H2,1-2H3,(H,20,22). The second-order valence-corrected chi connectivity index (χ2v) is 7.58. The molecule has 0 spiro atoms. The van der Waals surface area contributed by atoms with Crippen molar-refractivity contribution in [3.8, 4) is 6.07 Å². The van der Waals surface area contributed by atoms with E-state index < -0.39 is 10.0 Å². The Kier molecular flexibility index (Phi) is 5.78. The van der Waals surface area contributed by atoms with Gasteiger partial charge in [0.15, 0.2) is 0 Å². The lowest BCUT2D eigenvalue weighted by atomic mass is 10.1. The third-order valence-electron chi connectivity index (χ3n) is 3.36. The fourth-order valence-electron chi connectivity index (χ4n) is 2.10. The van der Waals surface area contributed by atoms with E-state index in [0.717, 1.165) is 0 Å². The van der Waals surface area contributed by atoms with Gasteiger partial charge in [-0.2, -0.15) is 5.26 Å². The van der Waals surface area contributed by atoms with Crippen LogP contribution in [0.5, 0.6) is 0 Å². The molecule has 0 unspecified atom stereocenters. The lowest BCUT2D eigenvalue weighted by molar-refractivity contribution is 0.0950. The van der Waals surface area contributed by atoms with Crippen LogP contribution < -0.4 is 10.0 Å². The molecule has 0 aliphatic carbocycles. The van der Waals surface area contributed by atoms with Gasteiger partial charge in [-0.15, -0.1) is 0 Å². The minimum atomic E-state index is -3.91. The predicted molar refractivity (Wildman–Crippen MR) is 95.6 cm³/mol. The number of amides is 1. The summed E-state index contributed by atoms with van der Waals surface area (Å²) in [5, 5.41) is 11.7. The van der Waals surface area contributed by atoms with Gasteiger partial charge in [0.25, 0.3) is 15.9 Å².